The number of benzene rings is 12. The molecule has 0 N–H and O–H groups in total. The Morgan fingerprint density at radius 3 is 1.40 bits per heavy atom. The summed E-state index contributed by atoms with van der Waals surface area (Å²) in [7, 11) is -3.26. The van der Waals surface area contributed by atoms with Crippen LogP contribution < -0.4 is 65.1 Å². The first-order chi connectivity index (χ1) is 58.8. The Morgan fingerprint density at radius 2 is 0.802 bits per heavy atom. The van der Waals surface area contributed by atoms with Gasteiger partial charge in [-0.05, 0) is 130 Å². The molecule has 24 rings (SSSR count). The van der Waals surface area contributed by atoms with Crippen LogP contribution in [-0.4, -0.2) is 50.0 Å². The maximum absolute atomic E-state index is 14.2. The van der Waals surface area contributed by atoms with E-state index >= 15 is 0 Å². The first-order valence-corrected chi connectivity index (χ1v) is 43.2. The zero-order valence-corrected chi connectivity index (χ0v) is 84.6. The second kappa shape index (κ2) is 40.7. The molecule has 5 aliphatic rings. The molecule has 11 heterocycles. The van der Waals surface area contributed by atoms with Crippen molar-refractivity contribution in [2.45, 2.75) is 40.0 Å². The summed E-state index contributed by atoms with van der Waals surface area (Å²) in [6.45, 7) is 11.2. The normalized spacial score (nSPS) is 13.2. The number of aromatic nitrogens is 6. The number of nitrogens with zero attached hydrogens (tertiary/aromatic N) is 6. The summed E-state index contributed by atoms with van der Waals surface area (Å²) in [5, 5.41) is 10.4. The summed E-state index contributed by atoms with van der Waals surface area (Å²) in [6, 6.07) is 124. The molecule has 626 valence electrons. The van der Waals surface area contributed by atoms with Gasteiger partial charge in [0.1, 0.15) is 18.8 Å². The predicted molar refractivity (Wildman–Crippen MR) is 495 cm³/mol. The third-order valence-corrected chi connectivity index (χ3v) is 29.0. The zero-order valence-electron chi connectivity index (χ0n) is 68.5. The molecule has 0 spiro atoms. The van der Waals surface area contributed by atoms with E-state index in [0.29, 0.717) is 0 Å². The summed E-state index contributed by atoms with van der Waals surface area (Å²) in [6.07, 6.45) is 10.9. The molecule has 0 saturated carbocycles. The van der Waals surface area contributed by atoms with Crippen LogP contribution in [0.3, 0.4) is 0 Å². The fourth-order valence-corrected chi connectivity index (χ4v) is 23.9. The minimum absolute atomic E-state index is 0. The van der Waals surface area contributed by atoms with Crippen molar-refractivity contribution in [3.05, 3.63) is 428 Å². The van der Waals surface area contributed by atoms with Crippen molar-refractivity contribution in [3.8, 4) is 61.6 Å². The van der Waals surface area contributed by atoms with Crippen molar-refractivity contribution in [1.29, 1.82) is 0 Å². The van der Waals surface area contributed by atoms with Crippen molar-refractivity contribution in [2.24, 2.45) is 0 Å². The van der Waals surface area contributed by atoms with Crippen molar-refractivity contribution in [3.63, 3.8) is 0 Å². The molecule has 1 aliphatic carbocycles. The van der Waals surface area contributed by atoms with Crippen LogP contribution in [0, 0.1) is 68.8 Å². The molecule has 0 bridgehead atoms. The fraction of sp³-hybridized carbons (Fsp3) is 0.0566. The number of fused-ring (bicyclic) bond motifs is 20. The van der Waals surface area contributed by atoms with Gasteiger partial charge in [0.25, 0.3) is 0 Å². The Hall–Kier alpha value is -9.72. The van der Waals surface area contributed by atoms with E-state index in [1.165, 1.54) is 116 Å². The monoisotopic (exact) mass is 2740 g/mol. The first kappa shape index (κ1) is 93.9. The molecule has 6 radical (unpaired) electrons. The molecule has 0 saturated heterocycles. The molecular formula is C106H73B3F2Ir6N6OP2-6. The molecule has 12 aromatic carbocycles. The maximum atomic E-state index is 14.2. The molecular weight excluding hydrogens is 2660 g/mol. The Kier molecular flexibility index (Phi) is 30.4. The van der Waals surface area contributed by atoms with Crippen LogP contribution >= 0.6 is 14.7 Å². The van der Waals surface area contributed by atoms with Crippen LogP contribution in [0.15, 0.2) is 353 Å². The average Bonchev–Trinajstić information content (AvgIpc) is 1.57. The van der Waals surface area contributed by atoms with E-state index in [4.69, 9.17) is 0 Å². The molecule has 2 unspecified atom stereocenters. The quantitative estimate of drug-likeness (QED) is 0.0962. The molecule has 2 atom stereocenters. The second-order valence-electron chi connectivity index (χ2n) is 30.9. The van der Waals surface area contributed by atoms with E-state index in [0.717, 1.165) is 83.1 Å². The number of rotatable bonds is 5. The average molecular weight is 2730 g/mol. The van der Waals surface area contributed by atoms with Crippen molar-refractivity contribution in [1.82, 2.24) is 29.9 Å². The van der Waals surface area contributed by atoms with E-state index in [2.05, 4.69) is 265 Å². The Balaban J connectivity index is 0.000000128. The van der Waals surface area contributed by atoms with Crippen LogP contribution in [-0.2, 0) is 131 Å². The Bertz CT molecular complexity index is 6940. The van der Waals surface area contributed by atoms with E-state index < -0.39 is 33.0 Å². The van der Waals surface area contributed by atoms with Gasteiger partial charge in [-0.3, -0.25) is 0 Å². The fourth-order valence-electron chi connectivity index (χ4n) is 18.4. The number of halogens is 2. The Labute approximate surface area is 817 Å². The SMILES string of the molecule is CC1(C)c2cccnc2-c2[c-]cc3ccccc3c21.Cc1cc(C)c(B2c3ccc[c-]c3-c3ncccc32)c(C)c1.Fc1cccc(F)c1B1c2ccc[c-]c2-c2ncccc21.O=P1(c2ccccc2)c2ccc[c-]c2-c2ncccc21.[Ir].[Ir].[Ir].[Ir].[Ir].[Ir].[c-]1cccc2c1-c1ncccc1B2c1ccccc1.[c-]1cccc2c1c1ncccc1p2-c1ccccc1. The van der Waals surface area contributed by atoms with Gasteiger partial charge in [0.2, 0.25) is 0 Å². The molecule has 0 fully saturated rings. The molecule has 19 aromatic rings. The molecule has 7 nitrogen and oxygen atoms in total. The van der Waals surface area contributed by atoms with E-state index in [1.807, 2.05) is 146 Å². The van der Waals surface area contributed by atoms with Gasteiger partial charge in [-0.2, -0.15) is 0 Å². The zero-order chi connectivity index (χ0) is 81.6. The van der Waals surface area contributed by atoms with Crippen LogP contribution in [0.1, 0.15) is 41.7 Å². The van der Waals surface area contributed by atoms with Crippen molar-refractivity contribution < 1.29 is 134 Å². The molecule has 7 aromatic heterocycles. The van der Waals surface area contributed by atoms with Gasteiger partial charge in [-0.25, -0.2) is 8.78 Å². The minimum Gasteiger partial charge on any atom is -0.319 e. The van der Waals surface area contributed by atoms with Crippen LogP contribution in [0.25, 0.3) is 93.5 Å². The number of aryl methyl sites for hydroxylation is 3. The van der Waals surface area contributed by atoms with Crippen LogP contribution in [0.2, 0.25) is 0 Å². The van der Waals surface area contributed by atoms with Gasteiger partial charge in [0.15, 0.2) is 20.1 Å². The van der Waals surface area contributed by atoms with Crippen LogP contribution in [0.4, 0.5) is 8.78 Å². The number of hydrogen-bond donors (Lipinski definition) is 0. The minimum atomic E-state index is -2.80. The maximum Gasteiger partial charge on any atom is 0.189 e. The van der Waals surface area contributed by atoms with Gasteiger partial charge in [0, 0.05) is 163 Å². The Morgan fingerprint density at radius 1 is 0.365 bits per heavy atom. The summed E-state index contributed by atoms with van der Waals surface area (Å²) in [4.78, 5) is 27.1. The third kappa shape index (κ3) is 17.3. The largest absolute Gasteiger partial charge is 0.319 e. The van der Waals surface area contributed by atoms with E-state index in [9.17, 15) is 13.3 Å². The van der Waals surface area contributed by atoms with Gasteiger partial charge in [-0.15, -0.1) is 196 Å². The summed E-state index contributed by atoms with van der Waals surface area (Å²) in [5.41, 5.74) is 27.4. The van der Waals surface area contributed by atoms with Crippen molar-refractivity contribution in [2.75, 3.05) is 0 Å². The molecule has 20 heteroatoms. The summed E-state index contributed by atoms with van der Waals surface area (Å²) >= 11 is 0. The topological polar surface area (TPSA) is 94.4 Å². The van der Waals surface area contributed by atoms with Crippen molar-refractivity contribution >= 4 is 132 Å². The first-order valence-electron chi connectivity index (χ1n) is 40.1. The van der Waals surface area contributed by atoms with Gasteiger partial charge < -0.3 is 34.5 Å². The standard InChI is InChI=1S/C20H17BN.C18H14N.C17H9BF2N.C17H11BN.C17H11NOP.C17H11NP.6Ir/c1-13-11-14(2)19(15(3)12-13)21-17-8-5-4-7-16(17)20-18(21)9-6-10-22-20;1-18(2)15-8-5-11-19-17(15)14-10-9-12-6-3-4-7-13(12)16(14)18;19-14-8-3-9-15(20)16(14)18-12-6-2-1-5-11(12)17-13(18)7-4-10-21-17;1-2-7-13(8-3-1)18-15-10-5-4-9-14(15)17-16(18)11-6-12-19-17;19-20(13-7-2-1-3-8-13)15-10-5-4-9-14(15)17-16(20)11-6-12-18-17;1-2-7-13(8-3-1)19-15-10-5-4-9-14(15)17-16(19)11-6-12-18-17;;;;;;/h4-6,8-12H,1-3H3;3-9,11H,1-2H3;1-4,6-10H;1-8,10-12H;1-8,10-12H;1-8,10-12H;;;;;;/q6*-1;;;;;;. The summed E-state index contributed by atoms with van der Waals surface area (Å²) < 4.78 is 42.2. The van der Waals surface area contributed by atoms with Gasteiger partial charge in [0.05, 0.1) is 0 Å². The molecule has 0 amide bonds. The van der Waals surface area contributed by atoms with E-state index in [1.54, 1.807) is 24.5 Å². The number of hydrogen-bond acceptors (Lipinski definition) is 7. The second-order valence-corrected chi connectivity index (χ2v) is 35.7. The smallest absolute Gasteiger partial charge is 0.189 e. The number of pyridine rings is 6. The van der Waals surface area contributed by atoms with E-state index in [-0.39, 0.29) is 145 Å². The van der Waals surface area contributed by atoms with Crippen LogP contribution in [0.5, 0.6) is 0 Å². The molecule has 126 heavy (non-hydrogen) atoms. The van der Waals surface area contributed by atoms with Gasteiger partial charge in [-0.1, -0.05) is 254 Å². The molecule has 4 aliphatic heterocycles. The predicted octanol–water partition coefficient (Wildman–Crippen LogP) is 17.3. The van der Waals surface area contributed by atoms with Gasteiger partial charge >= 0.3 is 0 Å². The summed E-state index contributed by atoms with van der Waals surface area (Å²) in [5.74, 6) is -1.07. The third-order valence-electron chi connectivity index (χ3n) is 23.4.